The van der Waals surface area contributed by atoms with Crippen LogP contribution in [-0.2, 0) is 4.79 Å². The molecule has 7 nitrogen and oxygen atoms in total. The minimum absolute atomic E-state index is 0.0834. The summed E-state index contributed by atoms with van der Waals surface area (Å²) in [5.74, 6) is 4.70. The molecule has 0 atom stereocenters. The second kappa shape index (κ2) is 9.88. The lowest BCUT2D eigenvalue weighted by Gasteiger charge is -2.32. The summed E-state index contributed by atoms with van der Waals surface area (Å²) >= 11 is 6.28. The number of nitrogens with zero attached hydrogens (tertiary/aromatic N) is 4. The molecule has 3 aromatic rings. The molecule has 0 bridgehead atoms. The number of benzene rings is 1. The molecule has 9 heteroatoms. The van der Waals surface area contributed by atoms with Gasteiger partial charge < -0.3 is 10.2 Å². The van der Waals surface area contributed by atoms with Crippen LogP contribution in [0.2, 0.25) is 5.02 Å². The van der Waals surface area contributed by atoms with Crippen LogP contribution in [0.4, 0.5) is 10.2 Å². The lowest BCUT2D eigenvalue weighted by atomic mass is 10.0. The van der Waals surface area contributed by atoms with Gasteiger partial charge in [-0.1, -0.05) is 41.6 Å². The maximum atomic E-state index is 14.7. The predicted molar refractivity (Wildman–Crippen MR) is 129 cm³/mol. The van der Waals surface area contributed by atoms with E-state index < -0.39 is 11.7 Å². The van der Waals surface area contributed by atoms with Crippen molar-refractivity contribution >= 4 is 29.2 Å². The van der Waals surface area contributed by atoms with Gasteiger partial charge in [-0.15, -0.1) is 0 Å². The minimum atomic E-state index is -0.702. The van der Waals surface area contributed by atoms with E-state index in [-0.39, 0.29) is 34.4 Å². The van der Waals surface area contributed by atoms with E-state index in [1.165, 1.54) is 18.5 Å². The van der Waals surface area contributed by atoms with Gasteiger partial charge in [0.15, 0.2) is 11.6 Å². The normalized spacial score (nSPS) is 15.9. The highest BCUT2D eigenvalue weighted by atomic mass is 35.5. The Kier molecular flexibility index (Phi) is 6.51. The summed E-state index contributed by atoms with van der Waals surface area (Å²) in [6, 6.07) is 10.5. The van der Waals surface area contributed by atoms with Gasteiger partial charge in [0.05, 0.1) is 17.3 Å². The lowest BCUT2D eigenvalue weighted by molar-refractivity contribution is -0.133. The number of aromatic nitrogens is 3. The van der Waals surface area contributed by atoms with Crippen molar-refractivity contribution in [2.75, 3.05) is 18.4 Å². The number of halogens is 2. The SMILES string of the molecule is O=C(Nc1ncc(C#Cc2ccccc2)cc1F)c1c(Cl)cnn1C1CCN(C(=O)C2CC2)CC1. The number of hydrogen-bond donors (Lipinski definition) is 1. The molecule has 0 unspecified atom stereocenters. The van der Waals surface area contributed by atoms with Gasteiger partial charge in [-0.25, -0.2) is 9.37 Å². The smallest absolute Gasteiger partial charge is 0.276 e. The summed E-state index contributed by atoms with van der Waals surface area (Å²) in [7, 11) is 0. The average molecular weight is 492 g/mol. The van der Waals surface area contributed by atoms with Gasteiger partial charge in [0, 0.05) is 36.3 Å². The van der Waals surface area contributed by atoms with Crippen LogP contribution >= 0.6 is 11.6 Å². The van der Waals surface area contributed by atoms with Gasteiger partial charge >= 0.3 is 0 Å². The van der Waals surface area contributed by atoms with Crippen molar-refractivity contribution in [3.05, 3.63) is 76.5 Å². The lowest BCUT2D eigenvalue weighted by Crippen LogP contribution is -2.40. The van der Waals surface area contributed by atoms with Crippen LogP contribution < -0.4 is 5.32 Å². The Morgan fingerprint density at radius 3 is 2.43 bits per heavy atom. The molecule has 2 aliphatic rings. The number of nitrogens with one attached hydrogen (secondary N) is 1. The third kappa shape index (κ3) is 5.20. The summed E-state index contributed by atoms with van der Waals surface area (Å²) in [5, 5.41) is 6.97. The van der Waals surface area contributed by atoms with Gasteiger partial charge in [0.1, 0.15) is 5.69 Å². The Morgan fingerprint density at radius 2 is 1.74 bits per heavy atom. The van der Waals surface area contributed by atoms with Crippen LogP contribution in [0.3, 0.4) is 0 Å². The average Bonchev–Trinajstić information content (AvgIpc) is 3.66. The van der Waals surface area contributed by atoms with E-state index in [1.807, 2.05) is 35.2 Å². The van der Waals surface area contributed by atoms with Crippen LogP contribution in [0.5, 0.6) is 0 Å². The summed E-state index contributed by atoms with van der Waals surface area (Å²) < 4.78 is 16.3. The van der Waals surface area contributed by atoms with Crippen molar-refractivity contribution in [1.82, 2.24) is 19.7 Å². The van der Waals surface area contributed by atoms with Crippen molar-refractivity contribution in [2.45, 2.75) is 31.7 Å². The first-order chi connectivity index (χ1) is 17.0. The van der Waals surface area contributed by atoms with Gasteiger partial charge in [0.2, 0.25) is 5.91 Å². The van der Waals surface area contributed by atoms with Gasteiger partial charge in [-0.3, -0.25) is 14.3 Å². The summed E-state index contributed by atoms with van der Waals surface area (Å²) in [5.41, 5.74) is 1.34. The molecule has 1 N–H and O–H groups in total. The van der Waals surface area contributed by atoms with Gasteiger partial charge in [-0.2, -0.15) is 5.10 Å². The van der Waals surface area contributed by atoms with E-state index in [4.69, 9.17) is 11.6 Å². The number of amides is 2. The summed E-state index contributed by atoms with van der Waals surface area (Å²) in [4.78, 5) is 31.3. The molecule has 2 amide bonds. The molecular formula is C26H23ClFN5O2. The summed E-state index contributed by atoms with van der Waals surface area (Å²) in [6.45, 7) is 1.22. The number of pyridine rings is 1. The van der Waals surface area contributed by atoms with Crippen molar-refractivity contribution < 1.29 is 14.0 Å². The molecule has 1 aliphatic carbocycles. The third-order valence-corrected chi connectivity index (χ3v) is 6.49. The maximum Gasteiger partial charge on any atom is 0.276 e. The van der Waals surface area contributed by atoms with Crippen LogP contribution in [0.25, 0.3) is 0 Å². The first-order valence-corrected chi connectivity index (χ1v) is 11.9. The molecule has 3 heterocycles. The Balaban J connectivity index is 1.27. The largest absolute Gasteiger partial charge is 0.342 e. The molecule has 5 rings (SSSR count). The van der Waals surface area contributed by atoms with E-state index in [9.17, 15) is 14.0 Å². The second-order valence-electron chi connectivity index (χ2n) is 8.74. The van der Waals surface area contributed by atoms with Crippen LogP contribution in [0.1, 0.15) is 53.3 Å². The molecule has 178 valence electrons. The standard InChI is InChI=1S/C26H23ClFN5O2/c27-21-16-30-33(20-10-12-32(13-11-20)26(35)19-8-9-19)23(21)25(34)31-24-22(28)14-18(15-29-24)7-6-17-4-2-1-3-5-17/h1-5,14-16,19-20H,8-13H2,(H,29,31,34). The number of carbonyl (C=O) groups is 2. The third-order valence-electron chi connectivity index (χ3n) is 6.21. The molecular weight excluding hydrogens is 469 g/mol. The molecule has 2 aromatic heterocycles. The topological polar surface area (TPSA) is 80.1 Å². The molecule has 0 spiro atoms. The van der Waals surface area contributed by atoms with Crippen molar-refractivity contribution in [3.63, 3.8) is 0 Å². The number of carbonyl (C=O) groups excluding carboxylic acids is 2. The Labute approximate surface area is 207 Å². The molecule has 35 heavy (non-hydrogen) atoms. The Hall–Kier alpha value is -3.70. The first kappa shape index (κ1) is 23.1. The fourth-order valence-corrected chi connectivity index (χ4v) is 4.40. The number of rotatable bonds is 4. The van der Waals surface area contributed by atoms with E-state index >= 15 is 0 Å². The zero-order chi connectivity index (χ0) is 24.4. The zero-order valence-electron chi connectivity index (χ0n) is 18.9. The second-order valence-corrected chi connectivity index (χ2v) is 9.15. The van der Waals surface area contributed by atoms with Gasteiger partial charge in [-0.05, 0) is 43.9 Å². The zero-order valence-corrected chi connectivity index (χ0v) is 19.6. The molecule has 1 aliphatic heterocycles. The number of hydrogen-bond acceptors (Lipinski definition) is 4. The monoisotopic (exact) mass is 491 g/mol. The number of piperidine rings is 1. The molecule has 1 aromatic carbocycles. The Morgan fingerprint density at radius 1 is 1.03 bits per heavy atom. The highest BCUT2D eigenvalue weighted by Gasteiger charge is 2.36. The van der Waals surface area contributed by atoms with Crippen molar-refractivity contribution in [1.29, 1.82) is 0 Å². The van der Waals surface area contributed by atoms with E-state index in [0.29, 0.717) is 31.5 Å². The van der Waals surface area contributed by atoms with Crippen LogP contribution in [0, 0.1) is 23.6 Å². The van der Waals surface area contributed by atoms with E-state index in [0.717, 1.165) is 18.4 Å². The minimum Gasteiger partial charge on any atom is -0.342 e. The van der Waals surface area contributed by atoms with E-state index in [1.54, 1.807) is 4.68 Å². The fourth-order valence-electron chi connectivity index (χ4n) is 4.18. The Bertz CT molecular complexity index is 1320. The van der Waals surface area contributed by atoms with Gasteiger partial charge in [0.25, 0.3) is 5.91 Å². The molecule has 2 fully saturated rings. The predicted octanol–water partition coefficient (Wildman–Crippen LogP) is 4.30. The molecule has 1 saturated carbocycles. The van der Waals surface area contributed by atoms with Crippen molar-refractivity contribution in [2.24, 2.45) is 5.92 Å². The molecule has 1 saturated heterocycles. The highest BCUT2D eigenvalue weighted by Crippen LogP contribution is 2.34. The number of likely N-dealkylation sites (tertiary alicyclic amines) is 1. The first-order valence-electron chi connectivity index (χ1n) is 11.6. The quantitative estimate of drug-likeness (QED) is 0.552. The van der Waals surface area contributed by atoms with Crippen LogP contribution in [0.15, 0.2) is 48.8 Å². The van der Waals surface area contributed by atoms with E-state index in [2.05, 4.69) is 27.2 Å². The maximum absolute atomic E-state index is 14.7. The van der Waals surface area contributed by atoms with Crippen molar-refractivity contribution in [3.8, 4) is 11.8 Å². The summed E-state index contributed by atoms with van der Waals surface area (Å²) in [6.07, 6.45) is 6.09. The fraction of sp³-hybridized carbons (Fsp3) is 0.308. The van der Waals surface area contributed by atoms with Crippen LogP contribution in [-0.4, -0.2) is 44.6 Å². The number of anilines is 1. The highest BCUT2D eigenvalue weighted by molar-refractivity contribution is 6.34. The molecule has 0 radical (unpaired) electrons.